The van der Waals surface area contributed by atoms with Gasteiger partial charge in [-0.2, -0.15) is 12.6 Å². The van der Waals surface area contributed by atoms with Crippen LogP contribution in [0.2, 0.25) is 0 Å². The van der Waals surface area contributed by atoms with Crippen molar-refractivity contribution < 1.29 is 9.53 Å². The number of amides is 1. The summed E-state index contributed by atoms with van der Waals surface area (Å²) in [6, 6.07) is 4.60. The van der Waals surface area contributed by atoms with E-state index in [9.17, 15) is 9.70 Å². The van der Waals surface area contributed by atoms with E-state index in [4.69, 9.17) is 4.74 Å². The van der Waals surface area contributed by atoms with Crippen LogP contribution in [0.25, 0.3) is 0 Å². The van der Waals surface area contributed by atoms with Crippen LogP contribution in [0.3, 0.4) is 0 Å². The third-order valence-electron chi connectivity index (χ3n) is 2.49. The summed E-state index contributed by atoms with van der Waals surface area (Å²) in [7, 11) is 1.60. The van der Waals surface area contributed by atoms with E-state index < -0.39 is 6.04 Å². The lowest BCUT2D eigenvalue weighted by atomic mass is 10.1. The number of nitrogens with zero attached hydrogens (tertiary/aromatic N) is 1. The van der Waals surface area contributed by atoms with Crippen LogP contribution in [0, 0.1) is 8.48 Å². The third-order valence-corrected chi connectivity index (χ3v) is 3.55. The van der Waals surface area contributed by atoms with E-state index in [-0.39, 0.29) is 12.3 Å². The van der Waals surface area contributed by atoms with Crippen molar-refractivity contribution in [1.82, 2.24) is 5.32 Å². The smallest absolute Gasteiger partial charge is 0.248 e. The molecular formula is C12H15IN2O3S. The molecule has 1 amide bonds. The molecule has 1 rings (SSSR count). The summed E-state index contributed by atoms with van der Waals surface area (Å²) in [5.74, 6) is 0.923. The van der Waals surface area contributed by atoms with Gasteiger partial charge in [0.1, 0.15) is 5.75 Å². The zero-order chi connectivity index (χ0) is 14.3. The molecule has 0 bridgehead atoms. The van der Waals surface area contributed by atoms with Gasteiger partial charge in [-0.25, -0.2) is 0 Å². The molecule has 19 heavy (non-hydrogen) atoms. The predicted molar refractivity (Wildman–Crippen MR) is 85.9 cm³/mol. The summed E-state index contributed by atoms with van der Waals surface area (Å²) < 4.78 is 6.08. The summed E-state index contributed by atoms with van der Waals surface area (Å²) in [6.07, 6.45) is 0.280. The van der Waals surface area contributed by atoms with Crippen molar-refractivity contribution in [2.75, 3.05) is 19.4 Å². The molecule has 0 heterocycles. The Morgan fingerprint density at radius 1 is 1.58 bits per heavy atom. The molecule has 1 N–H and O–H groups in total. The second-order valence-electron chi connectivity index (χ2n) is 3.81. The number of rotatable bonds is 7. The zero-order valence-corrected chi connectivity index (χ0v) is 13.5. The molecular weight excluding hydrogens is 379 g/mol. The van der Waals surface area contributed by atoms with Crippen LogP contribution in [0.4, 0.5) is 0 Å². The first-order valence-electron chi connectivity index (χ1n) is 5.65. The van der Waals surface area contributed by atoms with Gasteiger partial charge in [0, 0.05) is 18.7 Å². The SMILES string of the molecule is COc1ccc(CC(N=O)C(=O)NCCS)cc1I. The van der Waals surface area contributed by atoms with Crippen molar-refractivity contribution in [3.8, 4) is 5.75 Å². The number of carbonyl (C=O) groups excluding carboxylic acids is 1. The van der Waals surface area contributed by atoms with Crippen molar-refractivity contribution in [2.45, 2.75) is 12.5 Å². The van der Waals surface area contributed by atoms with E-state index in [1.54, 1.807) is 7.11 Å². The molecule has 0 radical (unpaired) electrons. The highest BCUT2D eigenvalue weighted by molar-refractivity contribution is 14.1. The Morgan fingerprint density at radius 2 is 2.32 bits per heavy atom. The Labute approximate surface area is 131 Å². The molecule has 0 aliphatic carbocycles. The number of ether oxygens (including phenoxy) is 1. The number of hydrogen-bond donors (Lipinski definition) is 2. The Bertz CT molecular complexity index is 457. The van der Waals surface area contributed by atoms with Crippen LogP contribution in [-0.4, -0.2) is 31.4 Å². The fourth-order valence-corrected chi connectivity index (χ4v) is 2.45. The van der Waals surface area contributed by atoms with Gasteiger partial charge in [0.25, 0.3) is 0 Å². The quantitative estimate of drug-likeness (QED) is 0.423. The van der Waals surface area contributed by atoms with E-state index in [2.05, 4.69) is 45.7 Å². The number of hydrogen-bond acceptors (Lipinski definition) is 5. The second kappa shape index (κ2) is 8.36. The maximum absolute atomic E-state index is 11.7. The Kier molecular flexibility index (Phi) is 7.14. The minimum absolute atomic E-state index is 0.280. The van der Waals surface area contributed by atoms with Gasteiger partial charge in [0.2, 0.25) is 5.91 Å². The van der Waals surface area contributed by atoms with Crippen LogP contribution in [0.1, 0.15) is 5.56 Å². The van der Waals surface area contributed by atoms with E-state index in [1.165, 1.54) is 0 Å². The minimum atomic E-state index is -0.913. The van der Waals surface area contributed by atoms with E-state index in [0.29, 0.717) is 12.3 Å². The topological polar surface area (TPSA) is 67.8 Å². The van der Waals surface area contributed by atoms with Gasteiger partial charge in [-0.3, -0.25) is 4.79 Å². The van der Waals surface area contributed by atoms with Gasteiger partial charge < -0.3 is 10.1 Å². The van der Waals surface area contributed by atoms with Gasteiger partial charge in [0.05, 0.1) is 10.7 Å². The third kappa shape index (κ3) is 4.98. The lowest BCUT2D eigenvalue weighted by Gasteiger charge is -2.11. The molecule has 1 aromatic rings. The van der Waals surface area contributed by atoms with E-state index in [0.717, 1.165) is 14.9 Å². The van der Waals surface area contributed by atoms with Crippen LogP contribution < -0.4 is 10.1 Å². The number of benzene rings is 1. The van der Waals surface area contributed by atoms with Crippen molar-refractivity contribution in [3.05, 3.63) is 32.2 Å². The molecule has 0 aliphatic heterocycles. The van der Waals surface area contributed by atoms with Crippen molar-refractivity contribution in [3.63, 3.8) is 0 Å². The molecule has 1 aromatic carbocycles. The normalized spacial score (nSPS) is 11.7. The first kappa shape index (κ1) is 16.2. The van der Waals surface area contributed by atoms with Crippen LogP contribution in [-0.2, 0) is 11.2 Å². The van der Waals surface area contributed by atoms with Gasteiger partial charge in [-0.1, -0.05) is 11.2 Å². The lowest BCUT2D eigenvalue weighted by Crippen LogP contribution is -2.35. The lowest BCUT2D eigenvalue weighted by molar-refractivity contribution is -0.122. The monoisotopic (exact) mass is 394 g/mol. The highest BCUT2D eigenvalue weighted by Gasteiger charge is 2.19. The molecule has 0 saturated carbocycles. The van der Waals surface area contributed by atoms with Gasteiger partial charge in [-0.05, 0) is 40.3 Å². The number of nitrogens with one attached hydrogen (secondary N) is 1. The average molecular weight is 394 g/mol. The molecule has 7 heteroatoms. The van der Waals surface area contributed by atoms with E-state index >= 15 is 0 Å². The maximum Gasteiger partial charge on any atom is 0.248 e. The van der Waals surface area contributed by atoms with Gasteiger partial charge >= 0.3 is 0 Å². The standard InChI is InChI=1S/C12H15IN2O3S/c1-18-11-3-2-8(6-9(11)13)7-10(15-17)12(16)14-4-5-19/h2-3,6,10,19H,4-5,7H2,1H3,(H,14,16). The number of methoxy groups -OCH3 is 1. The highest BCUT2D eigenvalue weighted by Crippen LogP contribution is 2.22. The first-order chi connectivity index (χ1) is 9.12. The fraction of sp³-hybridized carbons (Fsp3) is 0.417. The molecule has 5 nitrogen and oxygen atoms in total. The fourth-order valence-electron chi connectivity index (χ4n) is 1.53. The summed E-state index contributed by atoms with van der Waals surface area (Å²) >= 11 is 6.13. The summed E-state index contributed by atoms with van der Waals surface area (Å²) in [6.45, 7) is 0.425. The number of halogens is 1. The largest absolute Gasteiger partial charge is 0.496 e. The zero-order valence-electron chi connectivity index (χ0n) is 10.4. The Hall–Kier alpha value is -0.830. The maximum atomic E-state index is 11.7. The molecule has 0 fully saturated rings. The van der Waals surface area contributed by atoms with Gasteiger partial charge in [-0.15, -0.1) is 4.91 Å². The van der Waals surface area contributed by atoms with E-state index in [1.807, 2.05) is 18.2 Å². The predicted octanol–water partition coefficient (Wildman–Crippen LogP) is 2.02. The molecule has 1 unspecified atom stereocenters. The minimum Gasteiger partial charge on any atom is -0.496 e. The van der Waals surface area contributed by atoms with Gasteiger partial charge in [0.15, 0.2) is 6.04 Å². The van der Waals surface area contributed by atoms with Crippen molar-refractivity contribution in [2.24, 2.45) is 5.18 Å². The molecule has 104 valence electrons. The van der Waals surface area contributed by atoms with Crippen LogP contribution in [0.5, 0.6) is 5.75 Å². The summed E-state index contributed by atoms with van der Waals surface area (Å²) in [5.41, 5.74) is 0.871. The number of carbonyl (C=O) groups is 1. The molecule has 0 saturated heterocycles. The molecule has 0 spiro atoms. The number of thiol groups is 1. The summed E-state index contributed by atoms with van der Waals surface area (Å²) in [5, 5.41) is 5.49. The number of nitroso groups, excluding NO2 is 1. The molecule has 0 aromatic heterocycles. The van der Waals surface area contributed by atoms with Crippen LogP contribution in [0.15, 0.2) is 23.4 Å². The second-order valence-corrected chi connectivity index (χ2v) is 5.42. The average Bonchev–Trinajstić information content (AvgIpc) is 2.42. The van der Waals surface area contributed by atoms with Crippen molar-refractivity contribution in [1.29, 1.82) is 0 Å². The molecule has 0 aliphatic rings. The highest BCUT2D eigenvalue weighted by atomic mass is 127. The Morgan fingerprint density at radius 3 is 2.84 bits per heavy atom. The van der Waals surface area contributed by atoms with Crippen molar-refractivity contribution >= 4 is 41.1 Å². The first-order valence-corrected chi connectivity index (χ1v) is 7.37. The summed E-state index contributed by atoms with van der Waals surface area (Å²) in [4.78, 5) is 22.4. The molecule has 1 atom stereocenters. The van der Waals surface area contributed by atoms with Crippen LogP contribution >= 0.6 is 35.2 Å². The Balaban J connectivity index is 2.73.